The topological polar surface area (TPSA) is 55.2 Å². The number of rotatable bonds is 4. The first kappa shape index (κ1) is 16.9. The zero-order valence-electron chi connectivity index (χ0n) is 15.5. The van der Waals surface area contributed by atoms with Crippen molar-refractivity contribution in [3.8, 4) is 16.8 Å². The van der Waals surface area contributed by atoms with Gasteiger partial charge in [-0.1, -0.05) is 48.5 Å². The number of hydrogen-bond donors (Lipinski definition) is 1. The number of nitrogens with zero attached hydrogens (tertiary/aromatic N) is 4. The van der Waals surface area contributed by atoms with Gasteiger partial charge in [-0.15, -0.1) is 0 Å². The second-order valence-corrected chi connectivity index (χ2v) is 6.75. The minimum Gasteiger partial charge on any atom is -0.379 e. The Kier molecular flexibility index (Phi) is 4.48. The molecule has 0 unspecified atom stereocenters. The molecular formula is C22H21N5O. The van der Waals surface area contributed by atoms with Crippen molar-refractivity contribution in [1.82, 2.24) is 19.5 Å². The Balaban J connectivity index is 1.69. The van der Waals surface area contributed by atoms with Crippen LogP contribution in [0.3, 0.4) is 0 Å². The molecule has 2 aromatic carbocycles. The van der Waals surface area contributed by atoms with Crippen molar-refractivity contribution in [2.24, 2.45) is 0 Å². The fourth-order valence-electron chi connectivity index (χ4n) is 3.59. The molecule has 0 spiro atoms. The molecular weight excluding hydrogens is 350 g/mol. The van der Waals surface area contributed by atoms with Gasteiger partial charge in [-0.05, 0) is 17.7 Å². The predicted octanol–water partition coefficient (Wildman–Crippen LogP) is 3.75. The molecule has 0 saturated carbocycles. The van der Waals surface area contributed by atoms with E-state index in [4.69, 9.17) is 4.74 Å². The van der Waals surface area contributed by atoms with Crippen LogP contribution < -0.4 is 5.43 Å². The van der Waals surface area contributed by atoms with Crippen LogP contribution in [0, 0.1) is 0 Å². The predicted molar refractivity (Wildman–Crippen MR) is 110 cm³/mol. The molecule has 4 aromatic rings. The van der Waals surface area contributed by atoms with Crippen molar-refractivity contribution in [2.45, 2.75) is 0 Å². The van der Waals surface area contributed by atoms with Crippen molar-refractivity contribution in [3.05, 3.63) is 73.2 Å². The SMILES string of the molecule is c1ccc(-c2cn(-c3ccccc3)c3ncnc(NN4CCOCC4)c23)cc1. The number of benzene rings is 2. The van der Waals surface area contributed by atoms with E-state index in [1.807, 2.05) is 24.3 Å². The number of nitrogens with one attached hydrogen (secondary N) is 1. The van der Waals surface area contributed by atoms with Gasteiger partial charge in [-0.2, -0.15) is 0 Å². The van der Waals surface area contributed by atoms with Crippen molar-refractivity contribution in [3.63, 3.8) is 0 Å². The van der Waals surface area contributed by atoms with Crippen LogP contribution in [0.4, 0.5) is 5.82 Å². The van der Waals surface area contributed by atoms with E-state index in [-0.39, 0.29) is 0 Å². The van der Waals surface area contributed by atoms with Gasteiger partial charge in [0.1, 0.15) is 6.33 Å². The maximum atomic E-state index is 5.46. The summed E-state index contributed by atoms with van der Waals surface area (Å²) in [4.78, 5) is 9.20. The second kappa shape index (κ2) is 7.42. The highest BCUT2D eigenvalue weighted by atomic mass is 16.5. The number of morpholine rings is 1. The molecule has 1 fully saturated rings. The zero-order chi connectivity index (χ0) is 18.8. The minimum absolute atomic E-state index is 0.720. The Morgan fingerprint density at radius 3 is 2.32 bits per heavy atom. The molecule has 5 rings (SSSR count). The molecule has 6 heteroatoms. The number of fused-ring (bicyclic) bond motifs is 1. The van der Waals surface area contributed by atoms with Gasteiger partial charge in [0, 0.05) is 30.5 Å². The summed E-state index contributed by atoms with van der Waals surface area (Å²) in [5.74, 6) is 0.820. The molecule has 0 atom stereocenters. The zero-order valence-corrected chi connectivity index (χ0v) is 15.5. The number of para-hydroxylation sites is 1. The Morgan fingerprint density at radius 2 is 1.57 bits per heavy atom. The molecule has 0 amide bonds. The summed E-state index contributed by atoms with van der Waals surface area (Å²) in [6.45, 7) is 3.09. The number of hydrazine groups is 1. The van der Waals surface area contributed by atoms with Gasteiger partial charge in [-0.25, -0.2) is 15.0 Å². The third kappa shape index (κ3) is 3.13. The molecule has 0 bridgehead atoms. The third-order valence-corrected chi connectivity index (χ3v) is 4.98. The summed E-state index contributed by atoms with van der Waals surface area (Å²) < 4.78 is 7.59. The normalized spacial score (nSPS) is 15.0. The van der Waals surface area contributed by atoms with E-state index in [0.29, 0.717) is 0 Å². The first-order valence-electron chi connectivity index (χ1n) is 9.46. The Bertz CT molecular complexity index is 1070. The van der Waals surface area contributed by atoms with E-state index >= 15 is 0 Å². The lowest BCUT2D eigenvalue weighted by Crippen LogP contribution is -2.40. The average Bonchev–Trinajstić information content (AvgIpc) is 3.17. The average molecular weight is 371 g/mol. The third-order valence-electron chi connectivity index (χ3n) is 4.98. The lowest BCUT2D eigenvalue weighted by molar-refractivity contribution is 0.0495. The Morgan fingerprint density at radius 1 is 0.857 bits per heavy atom. The molecule has 3 heterocycles. The summed E-state index contributed by atoms with van der Waals surface area (Å²) in [6, 6.07) is 20.7. The molecule has 0 radical (unpaired) electrons. The summed E-state index contributed by atoms with van der Waals surface area (Å²) in [5.41, 5.74) is 7.70. The maximum Gasteiger partial charge on any atom is 0.153 e. The summed E-state index contributed by atoms with van der Waals surface area (Å²) >= 11 is 0. The highest BCUT2D eigenvalue weighted by Gasteiger charge is 2.19. The van der Waals surface area contributed by atoms with Gasteiger partial charge >= 0.3 is 0 Å². The van der Waals surface area contributed by atoms with E-state index in [2.05, 4.69) is 67.6 Å². The second-order valence-electron chi connectivity index (χ2n) is 6.75. The molecule has 6 nitrogen and oxygen atoms in total. The molecule has 1 N–H and O–H groups in total. The molecule has 140 valence electrons. The molecule has 1 saturated heterocycles. The Hall–Kier alpha value is -3.22. The quantitative estimate of drug-likeness (QED) is 0.592. The molecule has 1 aliphatic rings. The van der Waals surface area contributed by atoms with Crippen LogP contribution in [0.25, 0.3) is 27.8 Å². The van der Waals surface area contributed by atoms with Gasteiger partial charge in [0.15, 0.2) is 11.5 Å². The largest absolute Gasteiger partial charge is 0.379 e. The Labute approximate surface area is 163 Å². The standard InChI is InChI=1S/C22H21N5O/c1-3-7-17(8-4-1)19-15-27(18-9-5-2-6-10-18)22-20(19)21(23-16-24-22)25-26-11-13-28-14-12-26/h1-10,15-16H,11-14H2,(H,23,24,25). The number of ether oxygens (including phenoxy) is 1. The van der Waals surface area contributed by atoms with Gasteiger partial charge < -0.3 is 14.7 Å². The number of hydrogen-bond acceptors (Lipinski definition) is 5. The molecule has 0 aliphatic carbocycles. The van der Waals surface area contributed by atoms with Crippen LogP contribution in [0.1, 0.15) is 0 Å². The summed E-state index contributed by atoms with van der Waals surface area (Å²) in [7, 11) is 0. The number of anilines is 1. The first-order chi connectivity index (χ1) is 13.9. The van der Waals surface area contributed by atoms with Gasteiger partial charge in [0.25, 0.3) is 0 Å². The fourth-order valence-corrected chi connectivity index (χ4v) is 3.59. The smallest absolute Gasteiger partial charge is 0.153 e. The minimum atomic E-state index is 0.720. The van der Waals surface area contributed by atoms with Gasteiger partial charge in [0.05, 0.1) is 18.6 Å². The monoisotopic (exact) mass is 371 g/mol. The summed E-state index contributed by atoms with van der Waals surface area (Å²) in [5, 5.41) is 3.17. The molecule has 2 aromatic heterocycles. The van der Waals surface area contributed by atoms with E-state index in [0.717, 1.165) is 60.0 Å². The fraction of sp³-hybridized carbons (Fsp3) is 0.182. The van der Waals surface area contributed by atoms with Crippen LogP contribution in [0.2, 0.25) is 0 Å². The van der Waals surface area contributed by atoms with Crippen molar-refractivity contribution < 1.29 is 4.74 Å². The maximum absolute atomic E-state index is 5.46. The van der Waals surface area contributed by atoms with Crippen LogP contribution in [-0.4, -0.2) is 45.8 Å². The van der Waals surface area contributed by atoms with Crippen LogP contribution >= 0.6 is 0 Å². The van der Waals surface area contributed by atoms with E-state index in [1.165, 1.54) is 0 Å². The van der Waals surface area contributed by atoms with E-state index in [9.17, 15) is 0 Å². The van der Waals surface area contributed by atoms with Gasteiger partial charge in [0.2, 0.25) is 0 Å². The molecule has 1 aliphatic heterocycles. The lowest BCUT2D eigenvalue weighted by atomic mass is 10.1. The van der Waals surface area contributed by atoms with Crippen LogP contribution in [-0.2, 0) is 4.74 Å². The highest BCUT2D eigenvalue weighted by molar-refractivity contribution is 6.02. The summed E-state index contributed by atoms with van der Waals surface area (Å²) in [6.07, 6.45) is 3.77. The van der Waals surface area contributed by atoms with Gasteiger partial charge in [-0.3, -0.25) is 0 Å². The number of aromatic nitrogens is 3. The van der Waals surface area contributed by atoms with Crippen LogP contribution in [0.5, 0.6) is 0 Å². The van der Waals surface area contributed by atoms with Crippen molar-refractivity contribution in [2.75, 3.05) is 31.7 Å². The van der Waals surface area contributed by atoms with Crippen LogP contribution in [0.15, 0.2) is 73.2 Å². The van der Waals surface area contributed by atoms with Crippen molar-refractivity contribution in [1.29, 1.82) is 0 Å². The first-order valence-corrected chi connectivity index (χ1v) is 9.46. The lowest BCUT2D eigenvalue weighted by Gasteiger charge is -2.27. The van der Waals surface area contributed by atoms with E-state index < -0.39 is 0 Å². The van der Waals surface area contributed by atoms with Crippen molar-refractivity contribution >= 4 is 16.9 Å². The highest BCUT2D eigenvalue weighted by Crippen LogP contribution is 2.35. The molecule has 28 heavy (non-hydrogen) atoms. The van der Waals surface area contributed by atoms with E-state index in [1.54, 1.807) is 6.33 Å².